The molecule has 1 aromatic heterocycles. The topological polar surface area (TPSA) is 120 Å². The summed E-state index contributed by atoms with van der Waals surface area (Å²) in [4.78, 5) is 39.3. The average molecular weight is 576 g/mol. The van der Waals surface area contributed by atoms with Crippen LogP contribution in [0.3, 0.4) is 0 Å². The Kier molecular flexibility index (Phi) is 11.1. The van der Waals surface area contributed by atoms with Gasteiger partial charge in [-0.2, -0.15) is 0 Å². The molecule has 0 saturated carbocycles. The van der Waals surface area contributed by atoms with Gasteiger partial charge >= 0.3 is 29.6 Å². The molecular weight excluding hydrogens is 548 g/mol. The van der Waals surface area contributed by atoms with Crippen LogP contribution in [0.4, 0.5) is 11.4 Å². The summed E-state index contributed by atoms with van der Waals surface area (Å²) in [7, 11) is 0. The van der Waals surface area contributed by atoms with E-state index in [1.165, 1.54) is 16.8 Å². The van der Waals surface area contributed by atoms with Crippen LogP contribution in [-0.4, -0.2) is 16.4 Å². The fraction of sp³-hybridized carbons (Fsp3) is 0.250. The van der Waals surface area contributed by atoms with Gasteiger partial charge in [-0.1, -0.05) is 60.8 Å². The minimum absolute atomic E-state index is 0. The molecule has 8 nitrogen and oxygen atoms in total. The van der Waals surface area contributed by atoms with Crippen LogP contribution in [0.5, 0.6) is 0 Å². The summed E-state index contributed by atoms with van der Waals surface area (Å²) < 4.78 is 1.43. The largest absolute Gasteiger partial charge is 1.00 e. The molecule has 1 aliphatic rings. The number of anilines is 1. The van der Waals surface area contributed by atoms with Gasteiger partial charge in [-0.3, -0.25) is 14.4 Å². The molecule has 39 heavy (non-hydrogen) atoms. The van der Waals surface area contributed by atoms with Crippen molar-refractivity contribution >= 4 is 46.4 Å². The van der Waals surface area contributed by atoms with E-state index in [1.54, 1.807) is 30.5 Å². The monoisotopic (exact) mass is 575 g/mol. The van der Waals surface area contributed by atoms with E-state index < -0.39 is 6.04 Å². The van der Waals surface area contributed by atoms with Gasteiger partial charge < -0.3 is 26.3 Å². The molecule has 1 aliphatic heterocycles. The number of nitrogens with zero attached hydrogens (tertiary/aromatic N) is 2. The Morgan fingerprint density at radius 2 is 1.85 bits per heavy atom. The number of hydrogen-bond donors (Lipinski definition) is 3. The van der Waals surface area contributed by atoms with E-state index in [1.807, 2.05) is 31.2 Å². The molecule has 0 radical (unpaired) electrons. The Morgan fingerprint density at radius 1 is 1.08 bits per heavy atom. The molecule has 0 fully saturated rings. The third kappa shape index (κ3) is 7.90. The molecule has 3 aromatic rings. The molecule has 198 valence electrons. The minimum Gasteiger partial charge on any atom is -0.661 e. The first kappa shape index (κ1) is 30.8. The van der Waals surface area contributed by atoms with E-state index >= 15 is 0 Å². The molecule has 0 bridgehead atoms. The zero-order valence-corrected chi connectivity index (χ0v) is 25.3. The smallest absolute Gasteiger partial charge is 0.661 e. The summed E-state index contributed by atoms with van der Waals surface area (Å²) in [5.74, 6) is -0.585. The van der Waals surface area contributed by atoms with Gasteiger partial charge in [0.15, 0.2) is 0 Å². The van der Waals surface area contributed by atoms with Gasteiger partial charge in [-0.15, -0.1) is 11.9 Å². The fourth-order valence-corrected chi connectivity index (χ4v) is 4.62. The molecule has 4 N–H and O–H groups in total. The van der Waals surface area contributed by atoms with Gasteiger partial charge in [0.1, 0.15) is 6.04 Å². The molecule has 0 spiro atoms. The maximum absolute atomic E-state index is 13.3. The number of nitrogens with one attached hydrogen (secondary N) is 2. The van der Waals surface area contributed by atoms with Crippen molar-refractivity contribution in [3.8, 4) is 11.1 Å². The predicted octanol–water partition coefficient (Wildman–Crippen LogP) is 2.79. The number of nitrogens with two attached hydrogens (primary N) is 1. The van der Waals surface area contributed by atoms with Crippen LogP contribution in [0.15, 0.2) is 76.9 Å². The Hall–Kier alpha value is -2.75. The first-order chi connectivity index (χ1) is 18.2. The van der Waals surface area contributed by atoms with Gasteiger partial charge in [0.05, 0.1) is 5.16 Å². The number of amides is 2. The van der Waals surface area contributed by atoms with E-state index in [-0.39, 0.29) is 64.5 Å². The molecule has 2 atom stereocenters. The number of carbonyl (C=O) groups is 2. The maximum atomic E-state index is 13.3. The quantitative estimate of drug-likeness (QED) is 0.327. The van der Waals surface area contributed by atoms with E-state index in [9.17, 15) is 14.4 Å². The molecule has 2 unspecified atom stereocenters. The van der Waals surface area contributed by atoms with Crippen molar-refractivity contribution in [1.29, 1.82) is 0 Å². The predicted molar refractivity (Wildman–Crippen MR) is 151 cm³/mol. The van der Waals surface area contributed by atoms with Crippen molar-refractivity contribution in [2.75, 3.05) is 5.32 Å². The normalized spacial score (nSPS) is 18.4. The Balaban J connectivity index is 0.00000420. The third-order valence-electron chi connectivity index (χ3n) is 6.47. The SMILES string of the molecule is CC1CCCC(n2ccc(-c3cc(Cl)ccc3[N-]/C=C(\N)Cl)cc2=O)C(=O)NCc2ccccc2NC1=O.[Na+]. The van der Waals surface area contributed by atoms with Crippen LogP contribution < -0.4 is 51.5 Å². The number of halogens is 2. The van der Waals surface area contributed by atoms with E-state index in [0.29, 0.717) is 46.8 Å². The first-order valence-corrected chi connectivity index (χ1v) is 13.0. The fourth-order valence-electron chi connectivity index (χ4n) is 4.40. The van der Waals surface area contributed by atoms with E-state index in [2.05, 4.69) is 16.0 Å². The average Bonchev–Trinajstić information content (AvgIpc) is 2.89. The molecule has 0 saturated heterocycles. The molecule has 2 heterocycles. The van der Waals surface area contributed by atoms with Gasteiger partial charge in [-0.05, 0) is 53.8 Å². The van der Waals surface area contributed by atoms with Crippen molar-refractivity contribution in [1.82, 2.24) is 9.88 Å². The first-order valence-electron chi connectivity index (χ1n) is 12.2. The van der Waals surface area contributed by atoms with Crippen LogP contribution >= 0.6 is 23.2 Å². The summed E-state index contributed by atoms with van der Waals surface area (Å²) in [5, 5.41) is 10.7. The van der Waals surface area contributed by atoms with Crippen LogP contribution in [0.2, 0.25) is 5.02 Å². The van der Waals surface area contributed by atoms with Crippen molar-refractivity contribution in [3.05, 3.63) is 98.4 Å². The Labute approximate surface area is 259 Å². The third-order valence-corrected chi connectivity index (χ3v) is 6.81. The standard InChI is InChI=1S/C28H29Cl2N5O3.Na/c1-17-5-4-8-24(28(38)33-15-19-6-2-3-7-22(19)34-27(17)37)35-12-11-18(13-26(35)36)21-14-20(29)9-10-23(21)32-16-25(30)31;/h2-3,6-7,9-14,16-17,24H,4-5,8,15,31H2,1H3,(H3,32,33,34,36,37,38);/q;+1/p-1/b25-16-;. The van der Waals surface area contributed by atoms with Crippen molar-refractivity contribution < 1.29 is 39.1 Å². The molecular formula is C28H28Cl2N5NaO3. The summed E-state index contributed by atoms with van der Waals surface area (Å²) in [6, 6.07) is 14.9. The summed E-state index contributed by atoms with van der Waals surface area (Å²) in [5.41, 5.74) is 8.34. The van der Waals surface area contributed by atoms with Gasteiger partial charge in [-0.25, -0.2) is 0 Å². The molecule has 2 aromatic carbocycles. The van der Waals surface area contributed by atoms with Crippen LogP contribution in [0, 0.1) is 5.92 Å². The van der Waals surface area contributed by atoms with Crippen LogP contribution in [-0.2, 0) is 16.1 Å². The number of para-hydroxylation sites is 1. The van der Waals surface area contributed by atoms with Gasteiger partial charge in [0.2, 0.25) is 11.8 Å². The zero-order chi connectivity index (χ0) is 27.2. The second kappa shape index (κ2) is 14.1. The Bertz CT molecular complexity index is 1440. The van der Waals surface area contributed by atoms with E-state index in [0.717, 1.165) is 5.56 Å². The maximum Gasteiger partial charge on any atom is 1.00 e. The van der Waals surface area contributed by atoms with Crippen molar-refractivity contribution in [3.63, 3.8) is 0 Å². The van der Waals surface area contributed by atoms with E-state index in [4.69, 9.17) is 28.9 Å². The summed E-state index contributed by atoms with van der Waals surface area (Å²) >= 11 is 11.9. The molecule has 11 heteroatoms. The van der Waals surface area contributed by atoms with Crippen molar-refractivity contribution in [2.45, 2.75) is 38.8 Å². The number of fused-ring (bicyclic) bond motifs is 1. The molecule has 0 aliphatic carbocycles. The Morgan fingerprint density at radius 3 is 2.59 bits per heavy atom. The number of carbonyl (C=O) groups excluding carboxylic acids is 2. The number of rotatable bonds is 4. The number of aromatic nitrogens is 1. The van der Waals surface area contributed by atoms with Crippen LogP contribution in [0.1, 0.15) is 37.8 Å². The second-order valence-electron chi connectivity index (χ2n) is 9.18. The number of hydrogen-bond acceptors (Lipinski definition) is 4. The summed E-state index contributed by atoms with van der Waals surface area (Å²) in [6.45, 7) is 2.08. The number of benzene rings is 2. The minimum atomic E-state index is -0.735. The zero-order valence-electron chi connectivity index (χ0n) is 21.8. The van der Waals surface area contributed by atoms with Crippen LogP contribution in [0.25, 0.3) is 16.4 Å². The number of pyridine rings is 1. The second-order valence-corrected chi connectivity index (χ2v) is 10.1. The molecule has 2 amide bonds. The summed E-state index contributed by atoms with van der Waals surface area (Å²) in [6.07, 6.45) is 4.49. The van der Waals surface area contributed by atoms with Gasteiger partial charge in [0, 0.05) is 35.4 Å². The van der Waals surface area contributed by atoms with Gasteiger partial charge in [0.25, 0.3) is 5.56 Å². The van der Waals surface area contributed by atoms with Crippen molar-refractivity contribution in [2.24, 2.45) is 11.7 Å². The molecule has 4 rings (SSSR count).